The van der Waals surface area contributed by atoms with Crippen molar-refractivity contribution in [2.75, 3.05) is 25.4 Å². The molecule has 1 aromatic carbocycles. The molecular formula is C17H28N2S. The van der Waals surface area contributed by atoms with Crippen molar-refractivity contribution >= 4 is 11.8 Å². The molecule has 2 rings (SSSR count). The van der Waals surface area contributed by atoms with E-state index in [1.807, 2.05) is 0 Å². The van der Waals surface area contributed by atoms with E-state index in [1.165, 1.54) is 28.9 Å². The lowest BCUT2D eigenvalue weighted by Gasteiger charge is -2.31. The van der Waals surface area contributed by atoms with Gasteiger partial charge in [0.25, 0.3) is 0 Å². The van der Waals surface area contributed by atoms with Crippen molar-refractivity contribution < 1.29 is 0 Å². The molecule has 0 aliphatic carbocycles. The molecule has 1 aliphatic heterocycles. The summed E-state index contributed by atoms with van der Waals surface area (Å²) in [5.41, 5.74) is 10.2. The first-order valence-corrected chi connectivity index (χ1v) is 8.57. The van der Waals surface area contributed by atoms with E-state index in [2.05, 4.69) is 62.6 Å². The molecule has 2 nitrogen and oxygen atoms in total. The minimum atomic E-state index is 0.365. The Bertz CT molecular complexity index is 456. The van der Waals surface area contributed by atoms with Crippen LogP contribution in [0.2, 0.25) is 0 Å². The molecule has 1 aliphatic rings. The zero-order valence-electron chi connectivity index (χ0n) is 13.3. The molecule has 1 atom stereocenters. The highest BCUT2D eigenvalue weighted by molar-refractivity contribution is 8.00. The van der Waals surface area contributed by atoms with Gasteiger partial charge in [-0.05, 0) is 31.4 Å². The number of nitrogens with zero attached hydrogens (tertiary/aromatic N) is 1. The Labute approximate surface area is 128 Å². The van der Waals surface area contributed by atoms with Gasteiger partial charge in [-0.15, -0.1) is 0 Å². The molecule has 0 radical (unpaired) electrons. The summed E-state index contributed by atoms with van der Waals surface area (Å²) in [6.07, 6.45) is 1.24. The van der Waals surface area contributed by atoms with Gasteiger partial charge in [-0.25, -0.2) is 0 Å². The van der Waals surface area contributed by atoms with E-state index in [4.69, 9.17) is 5.73 Å². The third-order valence-corrected chi connectivity index (χ3v) is 5.70. The van der Waals surface area contributed by atoms with E-state index in [0.29, 0.717) is 17.3 Å². The van der Waals surface area contributed by atoms with E-state index in [9.17, 15) is 0 Å². The van der Waals surface area contributed by atoms with Gasteiger partial charge in [0, 0.05) is 36.2 Å². The van der Waals surface area contributed by atoms with Gasteiger partial charge in [0.2, 0.25) is 0 Å². The Morgan fingerprint density at radius 2 is 2.05 bits per heavy atom. The van der Waals surface area contributed by atoms with Gasteiger partial charge >= 0.3 is 0 Å². The molecule has 0 saturated carbocycles. The summed E-state index contributed by atoms with van der Waals surface area (Å²) in [5.74, 6) is 1.20. The van der Waals surface area contributed by atoms with Crippen molar-refractivity contribution in [3.05, 3.63) is 34.9 Å². The van der Waals surface area contributed by atoms with Gasteiger partial charge in [-0.1, -0.05) is 37.6 Å². The van der Waals surface area contributed by atoms with Gasteiger partial charge in [-0.2, -0.15) is 11.8 Å². The summed E-state index contributed by atoms with van der Waals surface area (Å²) >= 11 is 2.09. The number of aryl methyl sites for hydroxylation is 2. The number of benzene rings is 1. The molecule has 0 spiro atoms. The Kier molecular flexibility index (Phi) is 5.16. The van der Waals surface area contributed by atoms with Crippen LogP contribution in [0.15, 0.2) is 18.2 Å². The van der Waals surface area contributed by atoms with Crippen LogP contribution in [0.4, 0.5) is 0 Å². The Balaban J connectivity index is 2.21. The first-order chi connectivity index (χ1) is 9.43. The molecule has 1 unspecified atom stereocenters. The van der Waals surface area contributed by atoms with E-state index >= 15 is 0 Å². The lowest BCUT2D eigenvalue weighted by atomic mass is 9.97. The molecule has 1 aromatic rings. The summed E-state index contributed by atoms with van der Waals surface area (Å²) in [7, 11) is 0. The summed E-state index contributed by atoms with van der Waals surface area (Å²) in [6.45, 7) is 12.1. The van der Waals surface area contributed by atoms with Crippen molar-refractivity contribution in [2.24, 2.45) is 5.73 Å². The maximum atomic E-state index is 6.12. The van der Waals surface area contributed by atoms with Crippen LogP contribution in [-0.4, -0.2) is 35.0 Å². The first kappa shape index (κ1) is 15.9. The van der Waals surface area contributed by atoms with Crippen LogP contribution in [0.5, 0.6) is 0 Å². The monoisotopic (exact) mass is 292 g/mol. The molecule has 0 bridgehead atoms. The molecule has 3 heteroatoms. The van der Waals surface area contributed by atoms with Gasteiger partial charge in [0.05, 0.1) is 0 Å². The highest BCUT2D eigenvalue weighted by atomic mass is 32.2. The average Bonchev–Trinajstić information content (AvgIpc) is 2.56. The zero-order valence-corrected chi connectivity index (χ0v) is 14.1. The number of nitrogens with two attached hydrogens (primary N) is 1. The number of rotatable bonds is 3. The van der Waals surface area contributed by atoms with E-state index in [1.54, 1.807) is 0 Å². The molecule has 1 fully saturated rings. The van der Waals surface area contributed by atoms with Crippen LogP contribution in [0.3, 0.4) is 0 Å². The smallest absolute Gasteiger partial charge is 0.0473 e. The second-order valence-corrected chi connectivity index (χ2v) is 8.31. The molecule has 0 aromatic heterocycles. The number of hydrogen-bond acceptors (Lipinski definition) is 3. The van der Waals surface area contributed by atoms with Crippen LogP contribution in [0, 0.1) is 13.8 Å². The van der Waals surface area contributed by atoms with Crippen LogP contribution in [0.1, 0.15) is 43.0 Å². The minimum absolute atomic E-state index is 0.365. The fourth-order valence-corrected chi connectivity index (χ4v) is 4.05. The molecule has 1 saturated heterocycles. The summed E-state index contributed by atoms with van der Waals surface area (Å²) in [4.78, 5) is 2.59. The van der Waals surface area contributed by atoms with Crippen molar-refractivity contribution in [1.82, 2.24) is 4.90 Å². The Morgan fingerprint density at radius 3 is 2.75 bits per heavy atom. The predicted molar refractivity (Wildman–Crippen MR) is 90.4 cm³/mol. The quantitative estimate of drug-likeness (QED) is 0.924. The zero-order chi connectivity index (χ0) is 14.8. The standard InChI is InChI=1S/C17H28N2S/c1-13-5-6-14(2)15(11-13)16(12-18)19-8-7-17(3,4)20-10-9-19/h5-6,11,16H,7-10,12,18H2,1-4H3. The normalized spacial score (nSPS) is 21.4. The number of hydrogen-bond donors (Lipinski definition) is 1. The second-order valence-electron chi connectivity index (χ2n) is 6.51. The topological polar surface area (TPSA) is 29.3 Å². The van der Waals surface area contributed by atoms with Gasteiger partial charge in [-0.3, -0.25) is 4.90 Å². The fraction of sp³-hybridized carbons (Fsp3) is 0.647. The van der Waals surface area contributed by atoms with Crippen LogP contribution in [0.25, 0.3) is 0 Å². The third-order valence-electron chi connectivity index (χ3n) is 4.33. The summed E-state index contributed by atoms with van der Waals surface area (Å²) < 4.78 is 0.398. The van der Waals surface area contributed by atoms with Gasteiger partial charge < -0.3 is 5.73 Å². The first-order valence-electron chi connectivity index (χ1n) is 7.58. The van der Waals surface area contributed by atoms with Crippen LogP contribution < -0.4 is 5.73 Å². The number of thioether (sulfide) groups is 1. The van der Waals surface area contributed by atoms with Crippen molar-refractivity contribution in [3.8, 4) is 0 Å². The molecule has 1 heterocycles. The highest BCUT2D eigenvalue weighted by Crippen LogP contribution is 2.34. The third kappa shape index (κ3) is 3.78. The maximum absolute atomic E-state index is 6.12. The molecule has 2 N–H and O–H groups in total. The second kappa shape index (κ2) is 6.50. The molecule has 0 amide bonds. The SMILES string of the molecule is Cc1ccc(C)c(C(CN)N2CCSC(C)(C)CC2)c1. The van der Waals surface area contributed by atoms with Crippen molar-refractivity contribution in [3.63, 3.8) is 0 Å². The molecular weight excluding hydrogens is 264 g/mol. The van der Waals surface area contributed by atoms with Gasteiger partial charge in [0.1, 0.15) is 0 Å². The summed E-state index contributed by atoms with van der Waals surface area (Å²) in [5, 5.41) is 0. The van der Waals surface area contributed by atoms with E-state index < -0.39 is 0 Å². The molecule has 20 heavy (non-hydrogen) atoms. The van der Waals surface area contributed by atoms with E-state index in [-0.39, 0.29) is 0 Å². The van der Waals surface area contributed by atoms with Crippen LogP contribution in [-0.2, 0) is 0 Å². The fourth-order valence-electron chi connectivity index (χ4n) is 2.94. The lowest BCUT2D eigenvalue weighted by Crippen LogP contribution is -2.36. The lowest BCUT2D eigenvalue weighted by molar-refractivity contribution is 0.210. The van der Waals surface area contributed by atoms with Gasteiger partial charge in [0.15, 0.2) is 0 Å². The molecule has 112 valence electrons. The predicted octanol–water partition coefficient (Wildman–Crippen LogP) is 3.52. The van der Waals surface area contributed by atoms with Crippen LogP contribution >= 0.6 is 11.8 Å². The highest BCUT2D eigenvalue weighted by Gasteiger charge is 2.28. The van der Waals surface area contributed by atoms with Crippen molar-refractivity contribution in [1.29, 1.82) is 0 Å². The Morgan fingerprint density at radius 1 is 1.30 bits per heavy atom. The van der Waals surface area contributed by atoms with Crippen molar-refractivity contribution in [2.45, 2.75) is 44.9 Å². The average molecular weight is 292 g/mol. The van der Waals surface area contributed by atoms with E-state index in [0.717, 1.165) is 13.1 Å². The largest absolute Gasteiger partial charge is 0.329 e. The minimum Gasteiger partial charge on any atom is -0.329 e. The maximum Gasteiger partial charge on any atom is 0.0473 e. The Hall–Kier alpha value is -0.510. The summed E-state index contributed by atoms with van der Waals surface area (Å²) in [6, 6.07) is 7.10.